The molecule has 1 aliphatic rings. The van der Waals surface area contributed by atoms with Crippen molar-refractivity contribution in [3.8, 4) is 0 Å². The van der Waals surface area contributed by atoms with Crippen molar-refractivity contribution in [2.75, 3.05) is 20.2 Å². The SMILES string of the molecule is CNC(=CNCC1CCCO1)[N+](=O)[O-]. The van der Waals surface area contributed by atoms with Gasteiger partial charge in [0, 0.05) is 13.2 Å². The smallest absolute Gasteiger partial charge is 0.331 e. The third-order valence-electron chi connectivity index (χ3n) is 2.06. The van der Waals surface area contributed by atoms with Crippen LogP contribution in [0, 0.1) is 10.1 Å². The van der Waals surface area contributed by atoms with Crippen LogP contribution in [-0.2, 0) is 4.74 Å². The largest absolute Gasteiger partial charge is 0.382 e. The summed E-state index contributed by atoms with van der Waals surface area (Å²) in [7, 11) is 1.52. The highest BCUT2D eigenvalue weighted by molar-refractivity contribution is 4.86. The minimum Gasteiger partial charge on any atom is -0.382 e. The third-order valence-corrected chi connectivity index (χ3v) is 2.06. The molecule has 80 valence electrons. The summed E-state index contributed by atoms with van der Waals surface area (Å²) in [6, 6.07) is 0. The first kappa shape index (κ1) is 10.8. The second-order valence-electron chi connectivity index (χ2n) is 3.08. The van der Waals surface area contributed by atoms with E-state index in [0.717, 1.165) is 19.4 Å². The van der Waals surface area contributed by atoms with Gasteiger partial charge >= 0.3 is 5.82 Å². The van der Waals surface area contributed by atoms with Crippen LogP contribution < -0.4 is 10.6 Å². The lowest BCUT2D eigenvalue weighted by Gasteiger charge is -2.08. The van der Waals surface area contributed by atoms with Crippen molar-refractivity contribution < 1.29 is 9.66 Å². The quantitative estimate of drug-likeness (QED) is 0.485. The molecule has 6 heteroatoms. The number of rotatable bonds is 5. The van der Waals surface area contributed by atoms with Crippen LogP contribution in [0.4, 0.5) is 0 Å². The normalized spacial score (nSPS) is 22.1. The Hall–Kier alpha value is -1.30. The van der Waals surface area contributed by atoms with Crippen molar-refractivity contribution in [3.05, 3.63) is 22.1 Å². The molecule has 1 heterocycles. The van der Waals surface area contributed by atoms with E-state index in [1.807, 2.05) is 0 Å². The van der Waals surface area contributed by atoms with Crippen LogP contribution in [0.1, 0.15) is 12.8 Å². The lowest BCUT2D eigenvalue weighted by Crippen LogP contribution is -2.25. The van der Waals surface area contributed by atoms with Crippen molar-refractivity contribution in [3.63, 3.8) is 0 Å². The molecule has 0 aromatic rings. The van der Waals surface area contributed by atoms with Gasteiger partial charge in [0.25, 0.3) is 0 Å². The second kappa shape index (κ2) is 5.43. The van der Waals surface area contributed by atoms with E-state index in [2.05, 4.69) is 10.6 Å². The molecular formula is C8H15N3O3. The van der Waals surface area contributed by atoms with Crippen molar-refractivity contribution in [2.45, 2.75) is 18.9 Å². The van der Waals surface area contributed by atoms with Crippen molar-refractivity contribution in [1.82, 2.24) is 10.6 Å². The van der Waals surface area contributed by atoms with Crippen LogP contribution in [0.2, 0.25) is 0 Å². The monoisotopic (exact) mass is 201 g/mol. The standard InChI is InChI=1S/C8H15N3O3/c1-9-8(11(12)13)6-10-5-7-3-2-4-14-7/h6-7,9-10H,2-5H2,1H3. The van der Waals surface area contributed by atoms with Gasteiger partial charge in [-0.15, -0.1) is 0 Å². The van der Waals surface area contributed by atoms with Gasteiger partial charge in [-0.25, -0.2) is 0 Å². The van der Waals surface area contributed by atoms with Gasteiger partial charge in [0.1, 0.15) is 0 Å². The summed E-state index contributed by atoms with van der Waals surface area (Å²) in [4.78, 5) is 9.89. The fraction of sp³-hybridized carbons (Fsp3) is 0.750. The highest BCUT2D eigenvalue weighted by Gasteiger charge is 2.14. The molecule has 0 spiro atoms. The zero-order chi connectivity index (χ0) is 10.4. The lowest BCUT2D eigenvalue weighted by molar-refractivity contribution is -0.431. The van der Waals surface area contributed by atoms with Gasteiger partial charge in [0.15, 0.2) is 0 Å². The number of hydrogen-bond donors (Lipinski definition) is 2. The molecule has 0 radical (unpaired) electrons. The number of hydrogen-bond acceptors (Lipinski definition) is 5. The van der Waals surface area contributed by atoms with Crippen LogP contribution >= 0.6 is 0 Å². The van der Waals surface area contributed by atoms with Crippen LogP contribution in [0.3, 0.4) is 0 Å². The van der Waals surface area contributed by atoms with Crippen molar-refractivity contribution in [2.24, 2.45) is 0 Å². The molecule has 6 nitrogen and oxygen atoms in total. The molecule has 0 bridgehead atoms. The van der Waals surface area contributed by atoms with Gasteiger partial charge in [-0.3, -0.25) is 5.32 Å². The number of ether oxygens (including phenoxy) is 1. The fourth-order valence-electron chi connectivity index (χ4n) is 1.31. The van der Waals surface area contributed by atoms with Crippen LogP contribution in [-0.4, -0.2) is 31.2 Å². The van der Waals surface area contributed by atoms with E-state index in [1.165, 1.54) is 13.2 Å². The van der Waals surface area contributed by atoms with Gasteiger partial charge in [0.05, 0.1) is 19.4 Å². The predicted molar refractivity (Wildman–Crippen MR) is 51.1 cm³/mol. The van der Waals surface area contributed by atoms with E-state index in [0.29, 0.717) is 6.54 Å². The van der Waals surface area contributed by atoms with Crippen molar-refractivity contribution in [1.29, 1.82) is 0 Å². The molecule has 0 saturated carbocycles. The summed E-state index contributed by atoms with van der Waals surface area (Å²) < 4.78 is 5.35. The first-order chi connectivity index (χ1) is 6.74. The number of nitro groups is 1. The van der Waals surface area contributed by atoms with Gasteiger partial charge in [0.2, 0.25) is 0 Å². The first-order valence-corrected chi connectivity index (χ1v) is 4.61. The lowest BCUT2D eigenvalue weighted by atomic mass is 10.2. The molecule has 1 saturated heterocycles. The average molecular weight is 201 g/mol. The van der Waals surface area contributed by atoms with Gasteiger partial charge in [-0.1, -0.05) is 0 Å². The Balaban J connectivity index is 2.26. The first-order valence-electron chi connectivity index (χ1n) is 4.61. The van der Waals surface area contributed by atoms with Crippen molar-refractivity contribution >= 4 is 0 Å². The molecule has 1 aliphatic heterocycles. The van der Waals surface area contributed by atoms with E-state index in [4.69, 9.17) is 4.74 Å². The van der Waals surface area contributed by atoms with Crippen LogP contribution in [0.15, 0.2) is 12.0 Å². The summed E-state index contributed by atoms with van der Waals surface area (Å²) in [6.07, 6.45) is 3.65. The summed E-state index contributed by atoms with van der Waals surface area (Å²) in [5.41, 5.74) is 0. The maximum Gasteiger partial charge on any atom is 0.331 e. The summed E-state index contributed by atoms with van der Waals surface area (Å²) in [6.45, 7) is 1.42. The Bertz CT molecular complexity index is 224. The zero-order valence-electron chi connectivity index (χ0n) is 8.16. The molecule has 0 amide bonds. The highest BCUT2D eigenvalue weighted by Crippen LogP contribution is 2.10. The van der Waals surface area contributed by atoms with E-state index in [-0.39, 0.29) is 11.9 Å². The summed E-state index contributed by atoms with van der Waals surface area (Å²) in [5, 5.41) is 15.7. The Morgan fingerprint density at radius 3 is 3.07 bits per heavy atom. The molecule has 2 N–H and O–H groups in total. The second-order valence-corrected chi connectivity index (χ2v) is 3.08. The topological polar surface area (TPSA) is 76.4 Å². The van der Waals surface area contributed by atoms with Crippen LogP contribution in [0.25, 0.3) is 0 Å². The number of nitrogens with one attached hydrogen (secondary N) is 2. The molecular weight excluding hydrogens is 186 g/mol. The minimum absolute atomic E-state index is 0.0389. The molecule has 1 atom stereocenters. The summed E-state index contributed by atoms with van der Waals surface area (Å²) in [5.74, 6) is -0.0389. The molecule has 0 aliphatic carbocycles. The Morgan fingerprint density at radius 1 is 1.79 bits per heavy atom. The van der Waals surface area contributed by atoms with Gasteiger partial charge < -0.3 is 20.2 Å². The van der Waals surface area contributed by atoms with Crippen LogP contribution in [0.5, 0.6) is 0 Å². The maximum atomic E-state index is 10.4. The minimum atomic E-state index is -0.470. The Kier molecular flexibility index (Phi) is 4.18. The average Bonchev–Trinajstić information content (AvgIpc) is 2.64. The van der Waals surface area contributed by atoms with E-state index in [9.17, 15) is 10.1 Å². The van der Waals surface area contributed by atoms with E-state index >= 15 is 0 Å². The maximum absolute atomic E-state index is 10.4. The molecule has 0 aromatic carbocycles. The van der Waals surface area contributed by atoms with E-state index in [1.54, 1.807) is 0 Å². The molecule has 14 heavy (non-hydrogen) atoms. The van der Waals surface area contributed by atoms with Gasteiger partial charge in [-0.2, -0.15) is 0 Å². The highest BCUT2D eigenvalue weighted by atomic mass is 16.6. The molecule has 1 fully saturated rings. The Morgan fingerprint density at radius 2 is 2.57 bits per heavy atom. The van der Waals surface area contributed by atoms with E-state index < -0.39 is 4.92 Å². The zero-order valence-corrected chi connectivity index (χ0v) is 8.16. The number of nitrogens with zero attached hydrogens (tertiary/aromatic N) is 1. The third kappa shape index (κ3) is 3.21. The Labute approximate surface area is 82.5 Å². The predicted octanol–water partition coefficient (Wildman–Crippen LogP) is 0.0500. The molecule has 0 aromatic heterocycles. The fourth-order valence-corrected chi connectivity index (χ4v) is 1.31. The summed E-state index contributed by atoms with van der Waals surface area (Å²) >= 11 is 0. The molecule has 1 rings (SSSR count). The molecule has 1 unspecified atom stereocenters. The van der Waals surface area contributed by atoms with Gasteiger partial charge in [-0.05, 0) is 17.8 Å².